The molecule has 1 aliphatic heterocycles. The highest BCUT2D eigenvalue weighted by Gasteiger charge is 2.16. The Morgan fingerprint density at radius 2 is 2.20 bits per heavy atom. The van der Waals surface area contributed by atoms with Crippen molar-refractivity contribution < 1.29 is 9.47 Å². The second-order valence-corrected chi connectivity index (χ2v) is 5.63. The number of halogens is 2. The predicted molar refractivity (Wildman–Crippen MR) is 79.0 cm³/mol. The Kier molecular flexibility index (Phi) is 6.12. The van der Waals surface area contributed by atoms with Crippen LogP contribution in [0.3, 0.4) is 0 Å². The number of hydrogen-bond acceptors (Lipinski definition) is 3. The van der Waals surface area contributed by atoms with Gasteiger partial charge in [-0.25, -0.2) is 0 Å². The molecule has 1 aromatic rings. The normalized spacial score (nSPS) is 20.4. The van der Waals surface area contributed by atoms with Gasteiger partial charge in [0.25, 0.3) is 0 Å². The number of nitrogens with zero attached hydrogens (tertiary/aromatic N) is 1. The summed E-state index contributed by atoms with van der Waals surface area (Å²) in [5.74, 6) is -0.242. The first-order valence-corrected chi connectivity index (χ1v) is 7.54. The van der Waals surface area contributed by atoms with Crippen LogP contribution >= 0.6 is 23.2 Å². The molecule has 5 heteroatoms. The fourth-order valence-electron chi connectivity index (χ4n) is 2.19. The molecule has 0 bridgehead atoms. The van der Waals surface area contributed by atoms with Gasteiger partial charge >= 0.3 is 0 Å². The zero-order chi connectivity index (χ0) is 14.4. The van der Waals surface area contributed by atoms with Gasteiger partial charge in [-0.1, -0.05) is 29.3 Å². The lowest BCUT2D eigenvalue weighted by Gasteiger charge is -2.23. The van der Waals surface area contributed by atoms with Crippen molar-refractivity contribution in [3.05, 3.63) is 33.8 Å². The van der Waals surface area contributed by atoms with Crippen LogP contribution in [0.15, 0.2) is 18.2 Å². The van der Waals surface area contributed by atoms with Gasteiger partial charge in [0.2, 0.25) is 0 Å². The Morgan fingerprint density at radius 1 is 1.35 bits per heavy atom. The fourth-order valence-corrected chi connectivity index (χ4v) is 2.50. The highest BCUT2D eigenvalue weighted by atomic mass is 35.5. The molecule has 0 unspecified atom stereocenters. The molecule has 1 aromatic carbocycles. The second-order valence-electron chi connectivity index (χ2n) is 4.81. The summed E-state index contributed by atoms with van der Waals surface area (Å²) in [5, 5.41) is 10.2. The monoisotopic (exact) mass is 313 g/mol. The van der Waals surface area contributed by atoms with E-state index in [1.54, 1.807) is 12.1 Å². The third-order valence-corrected chi connectivity index (χ3v) is 4.09. The van der Waals surface area contributed by atoms with Crippen molar-refractivity contribution in [2.24, 2.45) is 0 Å². The van der Waals surface area contributed by atoms with Crippen LogP contribution in [0.1, 0.15) is 37.2 Å². The van der Waals surface area contributed by atoms with E-state index in [4.69, 9.17) is 32.7 Å². The predicted octanol–water partition coefficient (Wildman–Crippen LogP) is 4.53. The van der Waals surface area contributed by atoms with Gasteiger partial charge in [0.05, 0.1) is 28.6 Å². The highest BCUT2D eigenvalue weighted by molar-refractivity contribution is 6.42. The Balaban J connectivity index is 1.85. The average molecular weight is 314 g/mol. The summed E-state index contributed by atoms with van der Waals surface area (Å²) in [5.41, 5.74) is 0.870. The van der Waals surface area contributed by atoms with Crippen LogP contribution in [-0.4, -0.2) is 19.5 Å². The summed E-state index contributed by atoms with van der Waals surface area (Å²) in [6.07, 6.45) is 3.68. The van der Waals surface area contributed by atoms with E-state index in [1.165, 1.54) is 0 Å². The topological polar surface area (TPSA) is 42.2 Å². The average Bonchev–Trinajstić information content (AvgIpc) is 2.48. The number of hydrogen-bond donors (Lipinski definition) is 0. The lowest BCUT2D eigenvalue weighted by molar-refractivity contribution is -0.162. The SMILES string of the molecule is N#C[C@@H](CCO[C@@H]1CCCCO1)c1ccc(Cl)c(Cl)c1. The van der Waals surface area contributed by atoms with Crippen LogP contribution in [0.5, 0.6) is 0 Å². The van der Waals surface area contributed by atoms with Gasteiger partial charge in [-0.3, -0.25) is 0 Å². The van der Waals surface area contributed by atoms with Crippen molar-refractivity contribution >= 4 is 23.2 Å². The van der Waals surface area contributed by atoms with Crippen molar-refractivity contribution in [1.29, 1.82) is 5.26 Å². The summed E-state index contributed by atoms with van der Waals surface area (Å²) in [6, 6.07) is 7.57. The maximum atomic E-state index is 9.26. The largest absolute Gasteiger partial charge is 0.353 e. The van der Waals surface area contributed by atoms with E-state index in [0.29, 0.717) is 23.1 Å². The molecule has 1 aliphatic rings. The van der Waals surface area contributed by atoms with Gasteiger partial charge in [-0.05, 0) is 43.4 Å². The number of nitriles is 1. The van der Waals surface area contributed by atoms with Gasteiger partial charge in [0.1, 0.15) is 0 Å². The minimum absolute atomic E-state index is 0.114. The van der Waals surface area contributed by atoms with Crippen LogP contribution in [0.2, 0.25) is 10.0 Å². The standard InChI is InChI=1S/C15H17Cl2NO2/c16-13-5-4-11(9-14(13)17)12(10-18)6-8-20-15-3-1-2-7-19-15/h4-5,9,12,15H,1-3,6-8H2/t12-,15-/m1/s1. The van der Waals surface area contributed by atoms with E-state index < -0.39 is 0 Å². The Hall–Kier alpha value is -0.790. The van der Waals surface area contributed by atoms with E-state index in [2.05, 4.69) is 6.07 Å². The zero-order valence-electron chi connectivity index (χ0n) is 11.1. The maximum Gasteiger partial charge on any atom is 0.157 e. The quantitative estimate of drug-likeness (QED) is 0.801. The lowest BCUT2D eigenvalue weighted by atomic mass is 9.98. The first-order chi connectivity index (χ1) is 9.70. The molecule has 108 valence electrons. The van der Waals surface area contributed by atoms with Crippen molar-refractivity contribution in [1.82, 2.24) is 0 Å². The summed E-state index contributed by atoms with van der Waals surface area (Å²) < 4.78 is 11.1. The van der Waals surface area contributed by atoms with Gasteiger partial charge < -0.3 is 9.47 Å². The molecule has 0 amide bonds. The fraction of sp³-hybridized carbons (Fsp3) is 0.533. The first-order valence-electron chi connectivity index (χ1n) is 6.78. The molecular weight excluding hydrogens is 297 g/mol. The Morgan fingerprint density at radius 3 is 2.85 bits per heavy atom. The zero-order valence-corrected chi connectivity index (χ0v) is 12.7. The second kappa shape index (κ2) is 7.85. The first kappa shape index (κ1) is 15.6. The van der Waals surface area contributed by atoms with Crippen LogP contribution < -0.4 is 0 Å². The molecule has 1 saturated heterocycles. The summed E-state index contributed by atoms with van der Waals surface area (Å²) >= 11 is 11.9. The Bertz CT molecular complexity index is 481. The molecule has 0 saturated carbocycles. The molecule has 0 aliphatic carbocycles. The van der Waals surface area contributed by atoms with Crippen molar-refractivity contribution in [2.45, 2.75) is 37.9 Å². The smallest absolute Gasteiger partial charge is 0.157 e. The van der Waals surface area contributed by atoms with Gasteiger partial charge in [0.15, 0.2) is 6.29 Å². The van der Waals surface area contributed by atoms with Crippen LogP contribution in [0.25, 0.3) is 0 Å². The van der Waals surface area contributed by atoms with E-state index in [9.17, 15) is 5.26 Å². The molecular formula is C15H17Cl2NO2. The molecule has 2 atom stereocenters. The van der Waals surface area contributed by atoms with Crippen molar-refractivity contribution in [2.75, 3.05) is 13.2 Å². The summed E-state index contributed by atoms with van der Waals surface area (Å²) in [7, 11) is 0. The maximum absolute atomic E-state index is 9.26. The molecule has 20 heavy (non-hydrogen) atoms. The molecule has 0 N–H and O–H groups in total. The minimum atomic E-state index is -0.242. The lowest BCUT2D eigenvalue weighted by Crippen LogP contribution is -2.23. The Labute approximate surface area is 129 Å². The van der Waals surface area contributed by atoms with Crippen molar-refractivity contribution in [3.63, 3.8) is 0 Å². The van der Waals surface area contributed by atoms with Gasteiger partial charge in [0, 0.05) is 6.61 Å². The number of rotatable bonds is 5. The van der Waals surface area contributed by atoms with Crippen molar-refractivity contribution in [3.8, 4) is 6.07 Å². The van der Waals surface area contributed by atoms with E-state index in [-0.39, 0.29) is 12.2 Å². The molecule has 1 fully saturated rings. The van der Waals surface area contributed by atoms with Gasteiger partial charge in [-0.2, -0.15) is 5.26 Å². The molecule has 0 aromatic heterocycles. The molecule has 1 heterocycles. The molecule has 2 rings (SSSR count). The van der Waals surface area contributed by atoms with Crippen LogP contribution in [-0.2, 0) is 9.47 Å². The molecule has 3 nitrogen and oxygen atoms in total. The number of ether oxygens (including phenoxy) is 2. The number of benzene rings is 1. The summed E-state index contributed by atoms with van der Waals surface area (Å²) in [4.78, 5) is 0. The highest BCUT2D eigenvalue weighted by Crippen LogP contribution is 2.28. The van der Waals surface area contributed by atoms with Crippen LogP contribution in [0.4, 0.5) is 0 Å². The minimum Gasteiger partial charge on any atom is -0.353 e. The van der Waals surface area contributed by atoms with Crippen LogP contribution in [0, 0.1) is 11.3 Å². The van der Waals surface area contributed by atoms with E-state index >= 15 is 0 Å². The summed E-state index contributed by atoms with van der Waals surface area (Å²) in [6.45, 7) is 1.27. The molecule has 0 radical (unpaired) electrons. The van der Waals surface area contributed by atoms with Gasteiger partial charge in [-0.15, -0.1) is 0 Å². The third-order valence-electron chi connectivity index (χ3n) is 3.35. The molecule has 0 spiro atoms. The third kappa shape index (κ3) is 4.36. The van der Waals surface area contributed by atoms with E-state index in [0.717, 1.165) is 31.4 Å². The van der Waals surface area contributed by atoms with E-state index in [1.807, 2.05) is 6.07 Å².